The van der Waals surface area contributed by atoms with Gasteiger partial charge in [-0.2, -0.15) is 0 Å². The largest absolute Gasteiger partial charge is 0.212 e. The first kappa shape index (κ1) is 15.5. The first-order chi connectivity index (χ1) is 6.54. The first-order valence-electron chi connectivity index (χ1n) is 4.67. The molecule has 0 bridgehead atoms. The third-order valence-electron chi connectivity index (χ3n) is 1.61. The van der Waals surface area contributed by atoms with Crippen LogP contribution in [0.5, 0.6) is 0 Å². The summed E-state index contributed by atoms with van der Waals surface area (Å²) in [5.41, 5.74) is -1.06. The summed E-state index contributed by atoms with van der Waals surface area (Å²) in [5.74, 6) is 0.364. The number of rotatable bonds is 5. The van der Waals surface area contributed by atoms with Gasteiger partial charge < -0.3 is 0 Å². The number of hydrogen-bond acceptors (Lipinski definition) is 2. The molecule has 0 aromatic rings. The van der Waals surface area contributed by atoms with E-state index in [9.17, 15) is 8.42 Å². The van der Waals surface area contributed by atoms with Crippen LogP contribution in [-0.2, 0) is 10.0 Å². The third kappa shape index (κ3) is 6.61. The van der Waals surface area contributed by atoms with Crippen LogP contribution in [0.4, 0.5) is 0 Å². The minimum absolute atomic E-state index is 0.0589. The van der Waals surface area contributed by atoms with Crippen molar-refractivity contribution in [2.45, 2.75) is 33.2 Å². The molecule has 0 aliphatic rings. The lowest BCUT2D eigenvalue weighted by Gasteiger charge is -2.28. The van der Waals surface area contributed by atoms with E-state index in [2.05, 4.69) is 4.72 Å². The van der Waals surface area contributed by atoms with Gasteiger partial charge in [-0.15, -0.1) is 23.2 Å². The van der Waals surface area contributed by atoms with Gasteiger partial charge in [-0.1, -0.05) is 20.8 Å². The van der Waals surface area contributed by atoms with Crippen molar-refractivity contribution in [3.05, 3.63) is 0 Å². The van der Waals surface area contributed by atoms with Gasteiger partial charge in [-0.3, -0.25) is 0 Å². The van der Waals surface area contributed by atoms with E-state index in [0.717, 1.165) is 0 Å². The maximum Gasteiger partial charge on any atom is 0.212 e. The lowest BCUT2D eigenvalue weighted by Crippen LogP contribution is -2.50. The van der Waals surface area contributed by atoms with E-state index in [1.54, 1.807) is 6.92 Å². The molecule has 0 amide bonds. The van der Waals surface area contributed by atoms with E-state index >= 15 is 0 Å². The molecule has 15 heavy (non-hydrogen) atoms. The monoisotopic (exact) mass is 275 g/mol. The molecular weight excluding hydrogens is 257 g/mol. The van der Waals surface area contributed by atoms with Crippen LogP contribution >= 0.6 is 23.2 Å². The van der Waals surface area contributed by atoms with Crippen LogP contribution in [0.3, 0.4) is 0 Å². The Bertz CT molecular complexity index is 292. The maximum absolute atomic E-state index is 11.8. The molecule has 0 rings (SSSR count). The van der Waals surface area contributed by atoms with Gasteiger partial charge in [0, 0.05) is 11.8 Å². The minimum atomic E-state index is -3.34. The van der Waals surface area contributed by atoms with Crippen LogP contribution in [-0.4, -0.2) is 31.5 Å². The van der Waals surface area contributed by atoms with Crippen LogP contribution < -0.4 is 4.72 Å². The average Bonchev–Trinajstić information content (AvgIpc) is 1.98. The van der Waals surface area contributed by atoms with Gasteiger partial charge in [0.1, 0.15) is 0 Å². The van der Waals surface area contributed by atoms with Crippen molar-refractivity contribution in [1.29, 1.82) is 0 Å². The molecule has 0 unspecified atom stereocenters. The highest BCUT2D eigenvalue weighted by molar-refractivity contribution is 7.89. The van der Waals surface area contributed by atoms with Gasteiger partial charge in [-0.25, -0.2) is 13.1 Å². The smallest absolute Gasteiger partial charge is 0.212 e. The SMILES string of the molecule is CC(C)(C)CS(=O)(=O)NC(C)(CCl)CCl. The highest BCUT2D eigenvalue weighted by Crippen LogP contribution is 2.18. The summed E-state index contributed by atoms with van der Waals surface area (Å²) in [7, 11) is -3.34. The molecule has 0 aromatic carbocycles. The molecule has 0 atom stereocenters. The highest BCUT2D eigenvalue weighted by Gasteiger charge is 2.30. The zero-order valence-electron chi connectivity index (χ0n) is 9.60. The quantitative estimate of drug-likeness (QED) is 0.782. The summed E-state index contributed by atoms with van der Waals surface area (Å²) in [6, 6.07) is 0. The Morgan fingerprint density at radius 1 is 1.07 bits per heavy atom. The van der Waals surface area contributed by atoms with Crippen molar-refractivity contribution in [2.75, 3.05) is 17.5 Å². The topological polar surface area (TPSA) is 46.2 Å². The molecule has 92 valence electrons. The van der Waals surface area contributed by atoms with E-state index in [1.807, 2.05) is 20.8 Å². The van der Waals surface area contributed by atoms with Crippen molar-refractivity contribution in [2.24, 2.45) is 5.41 Å². The highest BCUT2D eigenvalue weighted by atomic mass is 35.5. The lowest BCUT2D eigenvalue weighted by molar-refractivity contribution is 0.443. The number of sulfonamides is 1. The van der Waals surface area contributed by atoms with Crippen LogP contribution in [0.1, 0.15) is 27.7 Å². The zero-order valence-corrected chi connectivity index (χ0v) is 11.9. The van der Waals surface area contributed by atoms with E-state index in [1.165, 1.54) is 0 Å². The lowest BCUT2D eigenvalue weighted by atomic mass is 10.0. The Labute approximate surface area is 103 Å². The summed E-state index contributed by atoms with van der Waals surface area (Å²) < 4.78 is 26.0. The molecule has 6 heteroatoms. The standard InChI is InChI=1S/C9H19Cl2NO2S/c1-8(2,3)7-15(13,14)12-9(4,5-10)6-11/h12H,5-7H2,1-4H3. The van der Waals surface area contributed by atoms with Crippen molar-refractivity contribution >= 4 is 33.2 Å². The van der Waals surface area contributed by atoms with E-state index in [-0.39, 0.29) is 22.9 Å². The molecule has 0 aliphatic heterocycles. The van der Waals surface area contributed by atoms with Gasteiger partial charge in [0.25, 0.3) is 0 Å². The van der Waals surface area contributed by atoms with Crippen LogP contribution in [0.2, 0.25) is 0 Å². The summed E-state index contributed by atoms with van der Waals surface area (Å²) >= 11 is 11.3. The second-order valence-corrected chi connectivity index (χ2v) is 7.51. The Hall–Kier alpha value is 0.490. The molecule has 0 saturated heterocycles. The predicted molar refractivity (Wildman–Crippen MR) is 66.2 cm³/mol. The first-order valence-corrected chi connectivity index (χ1v) is 7.39. The summed E-state index contributed by atoms with van der Waals surface area (Å²) in [6.45, 7) is 7.29. The molecule has 0 aliphatic carbocycles. The van der Waals surface area contributed by atoms with Crippen molar-refractivity contribution in [3.8, 4) is 0 Å². The van der Waals surface area contributed by atoms with Crippen molar-refractivity contribution < 1.29 is 8.42 Å². The molecule has 0 saturated carbocycles. The number of halogens is 2. The Kier molecular flexibility index (Phi) is 5.38. The molecule has 0 radical (unpaired) electrons. The molecule has 0 heterocycles. The number of hydrogen-bond donors (Lipinski definition) is 1. The fourth-order valence-electron chi connectivity index (χ4n) is 1.07. The fraction of sp³-hybridized carbons (Fsp3) is 1.00. The average molecular weight is 276 g/mol. The summed E-state index contributed by atoms with van der Waals surface area (Å²) in [5, 5.41) is 0. The van der Waals surface area contributed by atoms with E-state index < -0.39 is 15.6 Å². The number of alkyl halides is 2. The molecule has 3 nitrogen and oxygen atoms in total. The van der Waals surface area contributed by atoms with Gasteiger partial charge in [0.15, 0.2) is 0 Å². The second-order valence-electron chi connectivity index (χ2n) is 5.25. The van der Waals surface area contributed by atoms with Crippen LogP contribution in [0.15, 0.2) is 0 Å². The van der Waals surface area contributed by atoms with Crippen LogP contribution in [0, 0.1) is 5.41 Å². The van der Waals surface area contributed by atoms with Gasteiger partial charge in [0.2, 0.25) is 10.0 Å². The fourth-order valence-corrected chi connectivity index (χ4v) is 3.76. The Morgan fingerprint density at radius 2 is 1.47 bits per heavy atom. The summed E-state index contributed by atoms with van der Waals surface area (Å²) in [6.07, 6.45) is 0. The van der Waals surface area contributed by atoms with E-state index in [4.69, 9.17) is 23.2 Å². The van der Waals surface area contributed by atoms with Crippen LogP contribution in [0.25, 0.3) is 0 Å². The molecule has 0 aromatic heterocycles. The van der Waals surface area contributed by atoms with Gasteiger partial charge in [0.05, 0.1) is 11.3 Å². The zero-order chi connectivity index (χ0) is 12.3. The minimum Gasteiger partial charge on any atom is -0.212 e. The Morgan fingerprint density at radius 3 is 1.73 bits per heavy atom. The molecule has 0 fully saturated rings. The van der Waals surface area contributed by atoms with Crippen molar-refractivity contribution in [3.63, 3.8) is 0 Å². The van der Waals surface area contributed by atoms with Gasteiger partial charge in [-0.05, 0) is 12.3 Å². The maximum atomic E-state index is 11.8. The normalized spacial score (nSPS) is 14.3. The van der Waals surface area contributed by atoms with Gasteiger partial charge >= 0.3 is 0 Å². The second kappa shape index (κ2) is 5.21. The Balaban J connectivity index is 4.65. The molecular formula is C9H19Cl2NO2S. The molecule has 1 N–H and O–H groups in total. The van der Waals surface area contributed by atoms with Crippen molar-refractivity contribution in [1.82, 2.24) is 4.72 Å². The molecule has 0 spiro atoms. The number of nitrogens with one attached hydrogen (secondary N) is 1. The predicted octanol–water partition coefficient (Wildman–Crippen LogP) is 2.19. The third-order valence-corrected chi connectivity index (χ3v) is 4.84. The summed E-state index contributed by atoms with van der Waals surface area (Å²) in [4.78, 5) is 0. The van der Waals surface area contributed by atoms with E-state index in [0.29, 0.717) is 0 Å².